The lowest BCUT2D eigenvalue weighted by atomic mass is 9.92. The van der Waals surface area contributed by atoms with Crippen molar-refractivity contribution >= 4 is 0 Å². The molecule has 4 nitrogen and oxygen atoms in total. The van der Waals surface area contributed by atoms with E-state index in [1.165, 1.54) is 0 Å². The summed E-state index contributed by atoms with van der Waals surface area (Å²) in [6.45, 7) is 6.43. The van der Waals surface area contributed by atoms with Gasteiger partial charge in [-0.05, 0) is 13.0 Å². The molecule has 15 heavy (non-hydrogen) atoms. The van der Waals surface area contributed by atoms with Gasteiger partial charge in [0, 0.05) is 32.2 Å². The summed E-state index contributed by atoms with van der Waals surface area (Å²) in [4.78, 5) is 2.32. The first-order valence-corrected chi connectivity index (χ1v) is 5.89. The van der Waals surface area contributed by atoms with Gasteiger partial charge in [-0.1, -0.05) is 6.92 Å². The number of ether oxygens (including phenoxy) is 2. The van der Waals surface area contributed by atoms with Crippen molar-refractivity contribution < 1.29 is 14.6 Å². The number of rotatable bonds is 4. The third-order valence-corrected chi connectivity index (χ3v) is 3.64. The lowest BCUT2D eigenvalue weighted by molar-refractivity contribution is -0.0448. The van der Waals surface area contributed by atoms with E-state index in [2.05, 4.69) is 11.8 Å². The van der Waals surface area contributed by atoms with Crippen molar-refractivity contribution in [2.45, 2.75) is 31.4 Å². The molecular formula is C11H21NO3. The quantitative estimate of drug-likeness (QED) is 0.730. The van der Waals surface area contributed by atoms with Gasteiger partial charge in [-0.15, -0.1) is 0 Å². The van der Waals surface area contributed by atoms with Crippen LogP contribution < -0.4 is 0 Å². The Morgan fingerprint density at radius 2 is 2.33 bits per heavy atom. The van der Waals surface area contributed by atoms with Crippen molar-refractivity contribution in [1.82, 2.24) is 4.90 Å². The standard InChI is InChI=1S/C11H21NO3/c1-2-12(5-6-13)10-3-7-15-11(10)4-8-14-9-11/h10,13H,2-9H2,1H3. The molecule has 1 N–H and O–H groups in total. The summed E-state index contributed by atoms with van der Waals surface area (Å²) in [7, 11) is 0. The van der Waals surface area contributed by atoms with Crippen LogP contribution in [0.2, 0.25) is 0 Å². The van der Waals surface area contributed by atoms with Crippen LogP contribution in [0.25, 0.3) is 0 Å². The number of likely N-dealkylation sites (N-methyl/N-ethyl adjacent to an activating group) is 1. The van der Waals surface area contributed by atoms with Crippen LogP contribution in [0.1, 0.15) is 19.8 Å². The molecule has 0 amide bonds. The molecule has 0 aromatic rings. The highest BCUT2D eigenvalue weighted by Crippen LogP contribution is 2.36. The molecule has 1 spiro atoms. The van der Waals surface area contributed by atoms with E-state index >= 15 is 0 Å². The molecular weight excluding hydrogens is 194 g/mol. The molecule has 0 aromatic heterocycles. The Labute approximate surface area is 91.2 Å². The third kappa shape index (κ3) is 2.04. The highest BCUT2D eigenvalue weighted by atomic mass is 16.6. The van der Waals surface area contributed by atoms with Crippen LogP contribution in [-0.4, -0.2) is 61.2 Å². The maximum atomic E-state index is 9.05. The van der Waals surface area contributed by atoms with Crippen LogP contribution in [0.15, 0.2) is 0 Å². The predicted molar refractivity (Wildman–Crippen MR) is 56.9 cm³/mol. The SMILES string of the molecule is CCN(CCO)C1CCOC12CCOC2. The minimum atomic E-state index is -0.0782. The molecule has 4 heteroatoms. The number of nitrogens with zero attached hydrogens (tertiary/aromatic N) is 1. The summed E-state index contributed by atoms with van der Waals surface area (Å²) in [5.74, 6) is 0. The molecule has 0 bridgehead atoms. The minimum Gasteiger partial charge on any atom is -0.395 e. The summed E-state index contributed by atoms with van der Waals surface area (Å²) >= 11 is 0. The van der Waals surface area contributed by atoms with Gasteiger partial charge in [0.15, 0.2) is 0 Å². The Morgan fingerprint density at radius 3 is 2.93 bits per heavy atom. The molecule has 0 aliphatic carbocycles. The van der Waals surface area contributed by atoms with E-state index < -0.39 is 0 Å². The Bertz CT molecular complexity index is 198. The first-order valence-electron chi connectivity index (χ1n) is 5.89. The predicted octanol–water partition coefficient (Wildman–Crippen LogP) is 0.249. The Morgan fingerprint density at radius 1 is 1.47 bits per heavy atom. The molecule has 2 aliphatic rings. The smallest absolute Gasteiger partial charge is 0.109 e. The summed E-state index contributed by atoms with van der Waals surface area (Å²) in [5.41, 5.74) is -0.0782. The van der Waals surface area contributed by atoms with Crippen molar-refractivity contribution in [2.75, 3.05) is 39.5 Å². The van der Waals surface area contributed by atoms with E-state index in [1.54, 1.807) is 0 Å². The molecule has 2 atom stereocenters. The van der Waals surface area contributed by atoms with Gasteiger partial charge in [0.1, 0.15) is 5.60 Å². The molecule has 88 valence electrons. The Kier molecular flexibility index (Phi) is 3.61. The van der Waals surface area contributed by atoms with Crippen LogP contribution in [0.3, 0.4) is 0 Å². The fraction of sp³-hybridized carbons (Fsp3) is 1.00. The first-order chi connectivity index (χ1) is 7.32. The summed E-state index contributed by atoms with van der Waals surface area (Å²) < 4.78 is 11.4. The van der Waals surface area contributed by atoms with Crippen molar-refractivity contribution in [3.05, 3.63) is 0 Å². The zero-order chi connectivity index (χ0) is 10.7. The highest BCUT2D eigenvalue weighted by Gasteiger charge is 2.49. The Balaban J connectivity index is 2.05. The molecule has 2 saturated heterocycles. The second-order valence-corrected chi connectivity index (χ2v) is 4.37. The number of hydrogen-bond donors (Lipinski definition) is 1. The van der Waals surface area contributed by atoms with Gasteiger partial charge in [0.25, 0.3) is 0 Å². The van der Waals surface area contributed by atoms with E-state index in [9.17, 15) is 0 Å². The Hall–Kier alpha value is -0.160. The van der Waals surface area contributed by atoms with E-state index in [0.29, 0.717) is 6.04 Å². The lowest BCUT2D eigenvalue weighted by Gasteiger charge is -2.36. The number of aliphatic hydroxyl groups is 1. The van der Waals surface area contributed by atoms with E-state index in [0.717, 1.165) is 45.8 Å². The second kappa shape index (κ2) is 4.78. The van der Waals surface area contributed by atoms with Gasteiger partial charge in [0.05, 0.1) is 13.2 Å². The largest absolute Gasteiger partial charge is 0.395 e. The highest BCUT2D eigenvalue weighted by molar-refractivity contribution is 5.01. The van der Waals surface area contributed by atoms with Gasteiger partial charge in [-0.3, -0.25) is 4.90 Å². The fourth-order valence-corrected chi connectivity index (χ4v) is 2.85. The molecule has 2 unspecified atom stereocenters. The van der Waals surface area contributed by atoms with Gasteiger partial charge in [-0.25, -0.2) is 0 Å². The summed E-state index contributed by atoms with van der Waals surface area (Å²) in [6.07, 6.45) is 2.07. The van der Waals surface area contributed by atoms with Crippen molar-refractivity contribution in [3.63, 3.8) is 0 Å². The van der Waals surface area contributed by atoms with Crippen LogP contribution in [0, 0.1) is 0 Å². The second-order valence-electron chi connectivity index (χ2n) is 4.37. The van der Waals surface area contributed by atoms with Crippen molar-refractivity contribution in [3.8, 4) is 0 Å². The van der Waals surface area contributed by atoms with Gasteiger partial charge < -0.3 is 14.6 Å². The molecule has 2 heterocycles. The lowest BCUT2D eigenvalue weighted by Crippen LogP contribution is -2.51. The van der Waals surface area contributed by atoms with Gasteiger partial charge in [-0.2, -0.15) is 0 Å². The van der Waals surface area contributed by atoms with Crippen molar-refractivity contribution in [1.29, 1.82) is 0 Å². The van der Waals surface area contributed by atoms with E-state index in [-0.39, 0.29) is 12.2 Å². The van der Waals surface area contributed by atoms with Crippen LogP contribution in [-0.2, 0) is 9.47 Å². The number of hydrogen-bond acceptors (Lipinski definition) is 4. The number of aliphatic hydroxyl groups excluding tert-OH is 1. The zero-order valence-electron chi connectivity index (χ0n) is 9.45. The monoisotopic (exact) mass is 215 g/mol. The molecule has 0 aromatic carbocycles. The summed E-state index contributed by atoms with van der Waals surface area (Å²) in [6, 6.07) is 0.428. The first kappa shape index (κ1) is 11.3. The molecule has 2 rings (SSSR count). The zero-order valence-corrected chi connectivity index (χ0v) is 9.45. The fourth-order valence-electron chi connectivity index (χ4n) is 2.85. The maximum absolute atomic E-state index is 9.05. The average Bonchev–Trinajstić information content (AvgIpc) is 2.87. The third-order valence-electron chi connectivity index (χ3n) is 3.64. The summed E-state index contributed by atoms with van der Waals surface area (Å²) in [5, 5.41) is 9.05. The molecule has 2 fully saturated rings. The molecule has 0 radical (unpaired) electrons. The van der Waals surface area contributed by atoms with Gasteiger partial charge >= 0.3 is 0 Å². The maximum Gasteiger partial charge on any atom is 0.109 e. The van der Waals surface area contributed by atoms with Crippen LogP contribution in [0.5, 0.6) is 0 Å². The average molecular weight is 215 g/mol. The molecule has 2 aliphatic heterocycles. The van der Waals surface area contributed by atoms with Gasteiger partial charge in [0.2, 0.25) is 0 Å². The van der Waals surface area contributed by atoms with E-state index in [1.807, 2.05) is 0 Å². The van der Waals surface area contributed by atoms with Crippen LogP contribution in [0.4, 0.5) is 0 Å². The van der Waals surface area contributed by atoms with Crippen LogP contribution >= 0.6 is 0 Å². The topological polar surface area (TPSA) is 41.9 Å². The minimum absolute atomic E-state index is 0.0782. The van der Waals surface area contributed by atoms with E-state index in [4.69, 9.17) is 14.6 Å². The van der Waals surface area contributed by atoms with Crippen molar-refractivity contribution in [2.24, 2.45) is 0 Å². The molecule has 0 saturated carbocycles. The normalized spacial score (nSPS) is 35.8.